The highest BCUT2D eigenvalue weighted by molar-refractivity contribution is 7.89. The fraction of sp³-hybridized carbons (Fsp3) is 0.357. The van der Waals surface area contributed by atoms with Crippen LogP contribution < -0.4 is 0 Å². The summed E-state index contributed by atoms with van der Waals surface area (Å²) in [5.74, 6) is -2.00. The maximum absolute atomic E-state index is 13.4. The van der Waals surface area contributed by atoms with Crippen LogP contribution in [0.25, 0.3) is 0 Å². The number of rotatable bonds is 4. The van der Waals surface area contributed by atoms with Gasteiger partial charge in [-0.05, 0) is 18.6 Å². The van der Waals surface area contributed by atoms with Crippen LogP contribution in [0.1, 0.15) is 6.42 Å². The second-order valence-corrected chi connectivity index (χ2v) is 9.53. The van der Waals surface area contributed by atoms with E-state index in [0.717, 1.165) is 20.7 Å². The molecule has 1 fully saturated rings. The monoisotopic (exact) mass is 406 g/mol. The van der Waals surface area contributed by atoms with Crippen LogP contribution in [0.5, 0.6) is 0 Å². The van der Waals surface area contributed by atoms with Gasteiger partial charge >= 0.3 is 0 Å². The molecule has 0 aliphatic carbocycles. The standard InChI is InChI=1S/C14H16F2N4O4S2/c15-11-6-12(16)8-13(7-11)25(21,22)19-2-1-3-20(5-4-19)26(23,24)14-9-17-10-18-14/h6-10H,1-5H2,(H,17,18). The first-order valence-corrected chi connectivity index (χ1v) is 10.5. The van der Waals surface area contributed by atoms with E-state index >= 15 is 0 Å². The van der Waals surface area contributed by atoms with Crippen LogP contribution in [0.2, 0.25) is 0 Å². The first-order chi connectivity index (χ1) is 12.2. The van der Waals surface area contributed by atoms with Crippen molar-refractivity contribution in [1.82, 2.24) is 18.6 Å². The zero-order chi connectivity index (χ0) is 18.9. The fourth-order valence-corrected chi connectivity index (χ4v) is 5.58. The number of hydrogen-bond donors (Lipinski definition) is 1. The van der Waals surface area contributed by atoms with Gasteiger partial charge in [0.05, 0.1) is 17.4 Å². The lowest BCUT2D eigenvalue weighted by molar-refractivity contribution is 0.403. The molecule has 142 valence electrons. The average molecular weight is 406 g/mol. The van der Waals surface area contributed by atoms with E-state index in [-0.39, 0.29) is 37.6 Å². The van der Waals surface area contributed by atoms with Gasteiger partial charge < -0.3 is 4.98 Å². The summed E-state index contributed by atoms with van der Waals surface area (Å²) < 4.78 is 79.2. The van der Waals surface area contributed by atoms with Crippen LogP contribution in [-0.2, 0) is 20.0 Å². The maximum atomic E-state index is 13.4. The Labute approximate surface area is 149 Å². The molecule has 12 heteroatoms. The number of aromatic nitrogens is 2. The SMILES string of the molecule is O=S(=O)(c1cc(F)cc(F)c1)N1CCCN(S(=O)(=O)c2cnc[nH]2)CC1. The number of imidazole rings is 1. The van der Waals surface area contributed by atoms with E-state index in [4.69, 9.17) is 0 Å². The van der Waals surface area contributed by atoms with E-state index in [9.17, 15) is 25.6 Å². The Morgan fingerprint density at radius 2 is 1.46 bits per heavy atom. The van der Waals surface area contributed by atoms with Crippen molar-refractivity contribution >= 4 is 20.0 Å². The van der Waals surface area contributed by atoms with Crippen molar-refractivity contribution in [3.8, 4) is 0 Å². The van der Waals surface area contributed by atoms with Gasteiger partial charge in [-0.1, -0.05) is 0 Å². The average Bonchev–Trinajstić information content (AvgIpc) is 2.98. The minimum Gasteiger partial charge on any atom is -0.335 e. The Morgan fingerprint density at radius 1 is 0.885 bits per heavy atom. The third kappa shape index (κ3) is 3.63. The number of H-pyrrole nitrogens is 1. The fourth-order valence-electron chi connectivity index (χ4n) is 2.70. The normalized spacial score (nSPS) is 17.9. The van der Waals surface area contributed by atoms with E-state index in [0.29, 0.717) is 6.07 Å². The van der Waals surface area contributed by atoms with Crippen LogP contribution >= 0.6 is 0 Å². The molecule has 0 atom stereocenters. The molecule has 2 aromatic rings. The molecule has 1 saturated heterocycles. The molecule has 1 aliphatic heterocycles. The first kappa shape index (κ1) is 18.9. The molecule has 0 saturated carbocycles. The number of halogens is 2. The van der Waals surface area contributed by atoms with Gasteiger partial charge in [0.2, 0.25) is 10.0 Å². The third-order valence-corrected chi connectivity index (χ3v) is 7.68. The molecule has 0 radical (unpaired) electrons. The van der Waals surface area contributed by atoms with Gasteiger partial charge in [-0.3, -0.25) is 0 Å². The molecule has 1 aromatic carbocycles. The summed E-state index contributed by atoms with van der Waals surface area (Å²) in [5, 5.41) is -0.0824. The van der Waals surface area contributed by atoms with Gasteiger partial charge in [0, 0.05) is 32.2 Å². The number of benzene rings is 1. The van der Waals surface area contributed by atoms with Crippen molar-refractivity contribution in [1.29, 1.82) is 0 Å². The first-order valence-electron chi connectivity index (χ1n) is 7.66. The number of aromatic amines is 1. The zero-order valence-corrected chi connectivity index (χ0v) is 15.1. The molecule has 2 heterocycles. The molecule has 8 nitrogen and oxygen atoms in total. The van der Waals surface area contributed by atoms with Crippen molar-refractivity contribution in [2.45, 2.75) is 16.3 Å². The lowest BCUT2D eigenvalue weighted by Crippen LogP contribution is -2.37. The highest BCUT2D eigenvalue weighted by Gasteiger charge is 2.32. The number of nitrogens with one attached hydrogen (secondary N) is 1. The third-order valence-electron chi connectivity index (χ3n) is 3.98. The van der Waals surface area contributed by atoms with E-state index in [2.05, 4.69) is 9.97 Å². The largest absolute Gasteiger partial charge is 0.335 e. The predicted octanol–water partition coefficient (Wildman–Crippen LogP) is 0.773. The summed E-state index contributed by atoms with van der Waals surface area (Å²) in [5.41, 5.74) is 0. The Kier molecular flexibility index (Phi) is 5.10. The van der Waals surface area contributed by atoms with E-state index < -0.39 is 36.6 Å². The van der Waals surface area contributed by atoms with Gasteiger partial charge in [-0.2, -0.15) is 8.61 Å². The molecule has 0 amide bonds. The lowest BCUT2D eigenvalue weighted by atomic mass is 10.3. The lowest BCUT2D eigenvalue weighted by Gasteiger charge is -2.21. The Bertz CT molecular complexity index is 974. The van der Waals surface area contributed by atoms with Crippen LogP contribution in [0.15, 0.2) is 40.6 Å². The summed E-state index contributed by atoms with van der Waals surface area (Å²) in [6.45, 7) is -0.0629. The molecule has 1 aliphatic rings. The molecular formula is C14H16F2N4O4S2. The predicted molar refractivity (Wildman–Crippen MR) is 87.1 cm³/mol. The Morgan fingerprint density at radius 3 is 2.00 bits per heavy atom. The van der Waals surface area contributed by atoms with Crippen molar-refractivity contribution < 1.29 is 25.6 Å². The molecule has 26 heavy (non-hydrogen) atoms. The molecule has 1 aromatic heterocycles. The van der Waals surface area contributed by atoms with Crippen molar-refractivity contribution in [2.75, 3.05) is 26.2 Å². The summed E-state index contributed by atoms with van der Waals surface area (Å²) in [4.78, 5) is 5.70. The highest BCUT2D eigenvalue weighted by atomic mass is 32.2. The molecule has 1 N–H and O–H groups in total. The minimum absolute atomic E-state index is 0.0372. The highest BCUT2D eigenvalue weighted by Crippen LogP contribution is 2.22. The van der Waals surface area contributed by atoms with Crippen LogP contribution in [0.3, 0.4) is 0 Å². The van der Waals surface area contributed by atoms with Gasteiger partial charge in [-0.25, -0.2) is 30.6 Å². The van der Waals surface area contributed by atoms with Crippen molar-refractivity contribution in [2.24, 2.45) is 0 Å². The quantitative estimate of drug-likeness (QED) is 0.808. The number of sulfonamides is 2. The number of hydrogen-bond acceptors (Lipinski definition) is 5. The molecule has 0 unspecified atom stereocenters. The van der Waals surface area contributed by atoms with Crippen LogP contribution in [-0.4, -0.2) is 61.6 Å². The van der Waals surface area contributed by atoms with Crippen molar-refractivity contribution in [3.05, 3.63) is 42.4 Å². The molecule has 3 rings (SSSR count). The molecular weight excluding hydrogens is 390 g/mol. The summed E-state index contributed by atoms with van der Waals surface area (Å²) in [6, 6.07) is 2.06. The van der Waals surface area contributed by atoms with Gasteiger partial charge in [0.25, 0.3) is 10.0 Å². The zero-order valence-electron chi connectivity index (χ0n) is 13.5. The minimum atomic E-state index is -4.14. The smallest absolute Gasteiger partial charge is 0.260 e. The van der Waals surface area contributed by atoms with Gasteiger partial charge in [0.15, 0.2) is 5.03 Å². The van der Waals surface area contributed by atoms with Crippen LogP contribution in [0, 0.1) is 11.6 Å². The second-order valence-electron chi connectivity index (χ2n) is 5.68. The summed E-state index contributed by atoms with van der Waals surface area (Å²) in [6.07, 6.45) is 2.65. The van der Waals surface area contributed by atoms with E-state index in [1.54, 1.807) is 0 Å². The maximum Gasteiger partial charge on any atom is 0.260 e. The van der Waals surface area contributed by atoms with Crippen LogP contribution in [0.4, 0.5) is 8.78 Å². The molecule has 0 spiro atoms. The van der Waals surface area contributed by atoms with Gasteiger partial charge in [-0.15, -0.1) is 0 Å². The van der Waals surface area contributed by atoms with Crippen molar-refractivity contribution in [3.63, 3.8) is 0 Å². The van der Waals surface area contributed by atoms with E-state index in [1.807, 2.05) is 0 Å². The van der Waals surface area contributed by atoms with E-state index in [1.165, 1.54) is 12.5 Å². The topological polar surface area (TPSA) is 103 Å². The Balaban J connectivity index is 1.82. The second kappa shape index (κ2) is 7.02. The molecule has 0 bridgehead atoms. The van der Waals surface area contributed by atoms with Gasteiger partial charge in [0.1, 0.15) is 11.6 Å². The summed E-state index contributed by atoms with van der Waals surface area (Å²) >= 11 is 0. The Hall–Kier alpha value is -1.89. The number of nitrogens with zero attached hydrogens (tertiary/aromatic N) is 3. The summed E-state index contributed by atoms with van der Waals surface area (Å²) in [7, 11) is -7.96.